The molecule has 86 valence electrons. The van der Waals surface area contributed by atoms with E-state index >= 15 is 0 Å². The molecule has 1 aliphatic rings. The van der Waals surface area contributed by atoms with Crippen LogP contribution in [0.5, 0.6) is 0 Å². The molecule has 1 fully saturated rings. The lowest BCUT2D eigenvalue weighted by Crippen LogP contribution is -2.21. The van der Waals surface area contributed by atoms with Gasteiger partial charge in [0.25, 0.3) is 5.91 Å². The van der Waals surface area contributed by atoms with E-state index < -0.39 is 5.97 Å². The molecule has 0 spiro atoms. The number of nitrogens with one attached hydrogen (secondary N) is 2. The van der Waals surface area contributed by atoms with Gasteiger partial charge in [0.1, 0.15) is 5.70 Å². The molecular formula is C11H8N2O3S. The third kappa shape index (κ3) is 2.48. The van der Waals surface area contributed by atoms with E-state index in [-0.39, 0.29) is 16.6 Å². The molecule has 1 saturated heterocycles. The van der Waals surface area contributed by atoms with E-state index in [0.29, 0.717) is 11.3 Å². The second-order valence-electron chi connectivity index (χ2n) is 3.40. The molecule has 0 radical (unpaired) electrons. The molecule has 0 saturated carbocycles. The van der Waals surface area contributed by atoms with Crippen LogP contribution < -0.4 is 10.6 Å². The average molecular weight is 248 g/mol. The molecule has 17 heavy (non-hydrogen) atoms. The van der Waals surface area contributed by atoms with Gasteiger partial charge in [0.05, 0.1) is 5.56 Å². The van der Waals surface area contributed by atoms with Crippen LogP contribution in [0.25, 0.3) is 6.08 Å². The van der Waals surface area contributed by atoms with Gasteiger partial charge in [-0.25, -0.2) is 4.79 Å². The van der Waals surface area contributed by atoms with Gasteiger partial charge in [-0.2, -0.15) is 0 Å². The minimum absolute atomic E-state index is 0.167. The largest absolute Gasteiger partial charge is 0.478 e. The molecule has 0 unspecified atom stereocenters. The first-order chi connectivity index (χ1) is 8.06. The highest BCUT2D eigenvalue weighted by atomic mass is 32.1. The molecule has 1 heterocycles. The number of rotatable bonds is 2. The molecule has 1 amide bonds. The third-order valence-corrected chi connectivity index (χ3v) is 2.37. The number of aromatic carboxylic acids is 1. The van der Waals surface area contributed by atoms with E-state index in [0.717, 1.165) is 0 Å². The summed E-state index contributed by atoms with van der Waals surface area (Å²) in [4.78, 5) is 22.1. The fraction of sp³-hybridized carbons (Fsp3) is 0. The fourth-order valence-electron chi connectivity index (χ4n) is 1.41. The Bertz CT molecular complexity index is 551. The number of carboxylic acid groups (broad SMARTS) is 1. The first-order valence-electron chi connectivity index (χ1n) is 4.73. The van der Waals surface area contributed by atoms with Gasteiger partial charge in [0.15, 0.2) is 5.11 Å². The number of hydrogen-bond acceptors (Lipinski definition) is 3. The van der Waals surface area contributed by atoms with Crippen LogP contribution in [0.1, 0.15) is 15.9 Å². The average Bonchev–Trinajstić information content (AvgIpc) is 2.58. The minimum Gasteiger partial charge on any atom is -0.478 e. The van der Waals surface area contributed by atoms with Gasteiger partial charge in [0.2, 0.25) is 0 Å². The Morgan fingerprint density at radius 3 is 2.71 bits per heavy atom. The zero-order valence-corrected chi connectivity index (χ0v) is 9.38. The lowest BCUT2D eigenvalue weighted by molar-refractivity contribution is -0.115. The van der Waals surface area contributed by atoms with E-state index in [2.05, 4.69) is 10.6 Å². The normalized spacial score (nSPS) is 16.8. The summed E-state index contributed by atoms with van der Waals surface area (Å²) in [7, 11) is 0. The molecule has 0 aromatic heterocycles. The molecular weight excluding hydrogens is 240 g/mol. The number of carbonyl (C=O) groups is 2. The van der Waals surface area contributed by atoms with E-state index in [1.807, 2.05) is 0 Å². The summed E-state index contributed by atoms with van der Waals surface area (Å²) in [6.45, 7) is 0. The summed E-state index contributed by atoms with van der Waals surface area (Å²) in [5, 5.41) is 14.2. The van der Waals surface area contributed by atoms with Crippen molar-refractivity contribution in [2.45, 2.75) is 0 Å². The van der Waals surface area contributed by atoms with Crippen molar-refractivity contribution in [1.29, 1.82) is 0 Å². The number of benzene rings is 1. The van der Waals surface area contributed by atoms with E-state index in [1.165, 1.54) is 12.1 Å². The maximum absolute atomic E-state index is 11.4. The highest BCUT2D eigenvalue weighted by molar-refractivity contribution is 7.80. The Morgan fingerprint density at radius 1 is 1.35 bits per heavy atom. The molecule has 0 aliphatic carbocycles. The van der Waals surface area contributed by atoms with Crippen LogP contribution in [0.15, 0.2) is 30.0 Å². The Morgan fingerprint density at radius 2 is 2.12 bits per heavy atom. The zero-order chi connectivity index (χ0) is 12.4. The van der Waals surface area contributed by atoms with Gasteiger partial charge < -0.3 is 10.4 Å². The summed E-state index contributed by atoms with van der Waals surface area (Å²) in [6.07, 6.45) is 1.54. The summed E-state index contributed by atoms with van der Waals surface area (Å²) < 4.78 is 0. The molecule has 0 bridgehead atoms. The summed E-state index contributed by atoms with van der Waals surface area (Å²) >= 11 is 4.78. The Hall–Kier alpha value is -2.21. The second kappa shape index (κ2) is 4.34. The van der Waals surface area contributed by atoms with Crippen LogP contribution in [-0.2, 0) is 4.79 Å². The van der Waals surface area contributed by atoms with Gasteiger partial charge >= 0.3 is 5.97 Å². The lowest BCUT2D eigenvalue weighted by Gasteiger charge is -1.98. The summed E-state index contributed by atoms with van der Waals surface area (Å²) in [6, 6.07) is 6.28. The summed E-state index contributed by atoms with van der Waals surface area (Å²) in [5.74, 6) is -1.33. The van der Waals surface area contributed by atoms with Crippen molar-refractivity contribution in [3.63, 3.8) is 0 Å². The van der Waals surface area contributed by atoms with Crippen LogP contribution in [0.2, 0.25) is 0 Å². The van der Waals surface area contributed by atoms with Crippen LogP contribution in [0.4, 0.5) is 0 Å². The van der Waals surface area contributed by atoms with Crippen molar-refractivity contribution in [2.24, 2.45) is 0 Å². The van der Waals surface area contributed by atoms with E-state index in [9.17, 15) is 9.59 Å². The third-order valence-electron chi connectivity index (χ3n) is 2.16. The molecule has 1 aromatic carbocycles. The van der Waals surface area contributed by atoms with Crippen molar-refractivity contribution < 1.29 is 14.7 Å². The monoisotopic (exact) mass is 248 g/mol. The Labute approximate surface area is 102 Å². The maximum Gasteiger partial charge on any atom is 0.335 e. The standard InChI is InChI=1S/C11H8N2O3S/c14-9-8(12-11(17)13-9)5-6-2-1-3-7(4-6)10(15)16/h1-5H,(H,15,16)(H2,12,13,14,17)/b8-5+. The SMILES string of the molecule is O=C1NC(=S)N/C1=C/c1cccc(C(=O)O)c1. The molecule has 6 heteroatoms. The van der Waals surface area contributed by atoms with Crippen molar-refractivity contribution in [3.8, 4) is 0 Å². The first-order valence-corrected chi connectivity index (χ1v) is 5.14. The van der Waals surface area contributed by atoms with Crippen LogP contribution in [-0.4, -0.2) is 22.1 Å². The lowest BCUT2D eigenvalue weighted by atomic mass is 10.1. The smallest absolute Gasteiger partial charge is 0.335 e. The Balaban J connectivity index is 2.33. The topological polar surface area (TPSA) is 78.4 Å². The van der Waals surface area contributed by atoms with Gasteiger partial charge in [0, 0.05) is 0 Å². The van der Waals surface area contributed by atoms with Crippen LogP contribution >= 0.6 is 12.2 Å². The van der Waals surface area contributed by atoms with Gasteiger partial charge in [-0.3, -0.25) is 10.1 Å². The summed E-state index contributed by atoms with van der Waals surface area (Å²) in [5.41, 5.74) is 1.09. The number of carbonyl (C=O) groups excluding carboxylic acids is 1. The van der Waals surface area contributed by atoms with Crippen molar-refractivity contribution in [1.82, 2.24) is 10.6 Å². The molecule has 5 nitrogen and oxygen atoms in total. The highest BCUT2D eigenvalue weighted by Crippen LogP contribution is 2.10. The predicted molar refractivity (Wildman–Crippen MR) is 65.3 cm³/mol. The molecule has 1 aromatic rings. The number of carboxylic acids is 1. The molecule has 2 rings (SSSR count). The van der Waals surface area contributed by atoms with Crippen LogP contribution in [0, 0.1) is 0 Å². The number of thiocarbonyl (C=S) groups is 1. The molecule has 1 aliphatic heterocycles. The van der Waals surface area contributed by atoms with Crippen LogP contribution in [0.3, 0.4) is 0 Å². The van der Waals surface area contributed by atoms with Gasteiger partial charge in [-0.05, 0) is 36.0 Å². The Kier molecular flexibility index (Phi) is 2.88. The first kappa shape index (κ1) is 11.3. The van der Waals surface area contributed by atoms with Crippen molar-refractivity contribution in [2.75, 3.05) is 0 Å². The van der Waals surface area contributed by atoms with Crippen molar-refractivity contribution in [3.05, 3.63) is 41.1 Å². The maximum atomic E-state index is 11.4. The minimum atomic E-state index is -1.01. The van der Waals surface area contributed by atoms with E-state index in [4.69, 9.17) is 17.3 Å². The van der Waals surface area contributed by atoms with E-state index in [1.54, 1.807) is 18.2 Å². The number of hydrogen-bond donors (Lipinski definition) is 3. The highest BCUT2D eigenvalue weighted by Gasteiger charge is 2.19. The fourth-order valence-corrected chi connectivity index (χ4v) is 1.61. The number of amides is 1. The molecule has 3 N–H and O–H groups in total. The quantitative estimate of drug-likeness (QED) is 0.531. The predicted octanol–water partition coefficient (Wildman–Crippen LogP) is 0.730. The zero-order valence-electron chi connectivity index (χ0n) is 8.56. The molecule has 0 atom stereocenters. The van der Waals surface area contributed by atoms with Crippen molar-refractivity contribution >= 4 is 35.3 Å². The van der Waals surface area contributed by atoms with Gasteiger partial charge in [-0.1, -0.05) is 12.1 Å². The second-order valence-corrected chi connectivity index (χ2v) is 3.81. The van der Waals surface area contributed by atoms with Gasteiger partial charge in [-0.15, -0.1) is 0 Å².